The van der Waals surface area contributed by atoms with E-state index in [1.54, 1.807) is 23.9 Å². The third-order valence-electron chi connectivity index (χ3n) is 2.40. The normalized spacial score (nSPS) is 12.9. The van der Waals surface area contributed by atoms with Crippen molar-refractivity contribution in [3.63, 3.8) is 0 Å². The highest BCUT2D eigenvalue weighted by molar-refractivity contribution is 7.10. The molecule has 1 N–H and O–H groups in total. The topological polar surface area (TPSA) is 38.0 Å². The van der Waals surface area contributed by atoms with Gasteiger partial charge in [0.25, 0.3) is 0 Å². The van der Waals surface area contributed by atoms with Crippen molar-refractivity contribution in [2.24, 2.45) is 0 Å². The fourth-order valence-electron chi connectivity index (χ4n) is 1.63. The maximum atomic E-state index is 10.1. The van der Waals surface area contributed by atoms with Crippen LogP contribution in [-0.2, 0) is 13.0 Å². The molecule has 0 aliphatic rings. The Hall–Kier alpha value is -1.13. The summed E-state index contributed by atoms with van der Waals surface area (Å²) in [6.45, 7) is 2.68. The molecule has 0 amide bonds. The molecule has 2 rings (SSSR count). The molecular formula is C11H14N2OS. The molecule has 15 heavy (non-hydrogen) atoms. The van der Waals surface area contributed by atoms with Gasteiger partial charge in [0, 0.05) is 17.3 Å². The SMILES string of the molecule is CCc1sccc1C(O)Cn1ccnc1. The van der Waals surface area contributed by atoms with Crippen molar-refractivity contribution < 1.29 is 5.11 Å². The van der Waals surface area contributed by atoms with E-state index in [2.05, 4.69) is 11.9 Å². The molecule has 0 bridgehead atoms. The first-order valence-electron chi connectivity index (χ1n) is 5.01. The van der Waals surface area contributed by atoms with E-state index in [1.165, 1.54) is 4.88 Å². The van der Waals surface area contributed by atoms with Gasteiger partial charge < -0.3 is 9.67 Å². The predicted octanol–water partition coefficient (Wildman–Crippen LogP) is 2.24. The van der Waals surface area contributed by atoms with Gasteiger partial charge in [0.15, 0.2) is 0 Å². The van der Waals surface area contributed by atoms with E-state index >= 15 is 0 Å². The summed E-state index contributed by atoms with van der Waals surface area (Å²) >= 11 is 1.71. The number of thiophene rings is 1. The van der Waals surface area contributed by atoms with Crippen molar-refractivity contribution in [2.45, 2.75) is 26.0 Å². The summed E-state index contributed by atoms with van der Waals surface area (Å²) in [6.07, 6.45) is 5.86. The predicted molar refractivity (Wildman–Crippen MR) is 60.9 cm³/mol. The van der Waals surface area contributed by atoms with Gasteiger partial charge in [-0.05, 0) is 23.4 Å². The van der Waals surface area contributed by atoms with Crippen LogP contribution in [0, 0.1) is 0 Å². The Labute approximate surface area is 93.0 Å². The molecule has 2 heterocycles. The van der Waals surface area contributed by atoms with E-state index in [9.17, 15) is 5.11 Å². The molecule has 0 aliphatic carbocycles. The van der Waals surface area contributed by atoms with Gasteiger partial charge in [-0.2, -0.15) is 0 Å². The molecule has 1 unspecified atom stereocenters. The number of rotatable bonds is 4. The number of nitrogens with zero attached hydrogens (tertiary/aromatic N) is 2. The number of imidazole rings is 1. The lowest BCUT2D eigenvalue weighted by Gasteiger charge is -2.11. The zero-order valence-electron chi connectivity index (χ0n) is 8.63. The van der Waals surface area contributed by atoms with Gasteiger partial charge in [-0.1, -0.05) is 6.92 Å². The van der Waals surface area contributed by atoms with Crippen molar-refractivity contribution in [1.82, 2.24) is 9.55 Å². The van der Waals surface area contributed by atoms with Crippen molar-refractivity contribution in [1.29, 1.82) is 0 Å². The summed E-state index contributed by atoms with van der Waals surface area (Å²) < 4.78 is 1.89. The molecular weight excluding hydrogens is 208 g/mol. The van der Waals surface area contributed by atoms with Crippen LogP contribution in [0.25, 0.3) is 0 Å². The lowest BCUT2D eigenvalue weighted by Crippen LogP contribution is -2.07. The quantitative estimate of drug-likeness (QED) is 0.861. The molecule has 1 atom stereocenters. The summed E-state index contributed by atoms with van der Waals surface area (Å²) in [7, 11) is 0. The fourth-order valence-corrected chi connectivity index (χ4v) is 2.51. The number of aliphatic hydroxyl groups excluding tert-OH is 1. The molecule has 0 saturated heterocycles. The summed E-state index contributed by atoms with van der Waals surface area (Å²) in [5.74, 6) is 0. The van der Waals surface area contributed by atoms with Gasteiger partial charge in [-0.3, -0.25) is 0 Å². The van der Waals surface area contributed by atoms with Crippen LogP contribution in [0.2, 0.25) is 0 Å². The first-order chi connectivity index (χ1) is 7.31. The van der Waals surface area contributed by atoms with Gasteiger partial charge in [0.05, 0.1) is 19.0 Å². The van der Waals surface area contributed by atoms with Crippen LogP contribution in [0.5, 0.6) is 0 Å². The average molecular weight is 222 g/mol. The van der Waals surface area contributed by atoms with Crippen molar-refractivity contribution in [3.05, 3.63) is 40.6 Å². The van der Waals surface area contributed by atoms with Gasteiger partial charge >= 0.3 is 0 Å². The highest BCUT2D eigenvalue weighted by Gasteiger charge is 2.12. The molecule has 0 saturated carbocycles. The van der Waals surface area contributed by atoms with E-state index in [0.717, 1.165) is 12.0 Å². The number of aromatic nitrogens is 2. The molecule has 2 aromatic rings. The Balaban J connectivity index is 2.11. The largest absolute Gasteiger partial charge is 0.387 e. The average Bonchev–Trinajstić information content (AvgIpc) is 2.86. The van der Waals surface area contributed by atoms with Crippen molar-refractivity contribution >= 4 is 11.3 Å². The van der Waals surface area contributed by atoms with Crippen LogP contribution in [0.4, 0.5) is 0 Å². The number of aliphatic hydroxyl groups is 1. The standard InChI is InChI=1S/C11H14N2OS/c1-2-11-9(3-6-15-11)10(14)7-13-5-4-12-8-13/h3-6,8,10,14H,2,7H2,1H3. The second kappa shape index (κ2) is 4.59. The molecule has 0 spiro atoms. The van der Waals surface area contributed by atoms with E-state index < -0.39 is 6.10 Å². The lowest BCUT2D eigenvalue weighted by atomic mass is 10.1. The fraction of sp³-hybridized carbons (Fsp3) is 0.364. The van der Waals surface area contributed by atoms with E-state index in [4.69, 9.17) is 0 Å². The molecule has 3 nitrogen and oxygen atoms in total. The van der Waals surface area contributed by atoms with Crippen LogP contribution < -0.4 is 0 Å². The minimum atomic E-state index is -0.430. The van der Waals surface area contributed by atoms with Gasteiger partial charge in [0.1, 0.15) is 0 Å². The molecule has 4 heteroatoms. The highest BCUT2D eigenvalue weighted by Crippen LogP contribution is 2.25. The summed E-state index contributed by atoms with van der Waals surface area (Å²) in [6, 6.07) is 2.01. The second-order valence-corrected chi connectivity index (χ2v) is 4.43. The molecule has 2 aromatic heterocycles. The lowest BCUT2D eigenvalue weighted by molar-refractivity contribution is 0.156. The Morgan fingerprint density at radius 3 is 3.13 bits per heavy atom. The molecule has 0 radical (unpaired) electrons. The van der Waals surface area contributed by atoms with Crippen LogP contribution >= 0.6 is 11.3 Å². The molecule has 0 aliphatic heterocycles. The van der Waals surface area contributed by atoms with Crippen LogP contribution in [-0.4, -0.2) is 14.7 Å². The van der Waals surface area contributed by atoms with E-state index in [1.807, 2.05) is 22.2 Å². The Morgan fingerprint density at radius 2 is 2.47 bits per heavy atom. The smallest absolute Gasteiger partial charge is 0.0979 e. The number of hydrogen-bond acceptors (Lipinski definition) is 3. The molecule has 80 valence electrons. The second-order valence-electron chi connectivity index (χ2n) is 3.43. The van der Waals surface area contributed by atoms with Gasteiger partial charge in [-0.25, -0.2) is 4.98 Å². The maximum absolute atomic E-state index is 10.1. The first kappa shape index (κ1) is 10.4. The third-order valence-corrected chi connectivity index (χ3v) is 3.48. The summed E-state index contributed by atoms with van der Waals surface area (Å²) in [5, 5.41) is 12.1. The highest BCUT2D eigenvalue weighted by atomic mass is 32.1. The van der Waals surface area contributed by atoms with E-state index in [-0.39, 0.29) is 0 Å². The summed E-state index contributed by atoms with van der Waals surface area (Å²) in [5.41, 5.74) is 1.05. The van der Waals surface area contributed by atoms with Crippen LogP contribution in [0.1, 0.15) is 23.5 Å². The molecule has 0 fully saturated rings. The number of hydrogen-bond donors (Lipinski definition) is 1. The summed E-state index contributed by atoms with van der Waals surface area (Å²) in [4.78, 5) is 5.22. The first-order valence-corrected chi connectivity index (χ1v) is 5.89. The van der Waals surface area contributed by atoms with Crippen molar-refractivity contribution in [2.75, 3.05) is 0 Å². The number of aryl methyl sites for hydroxylation is 1. The van der Waals surface area contributed by atoms with Gasteiger partial charge in [-0.15, -0.1) is 11.3 Å². The maximum Gasteiger partial charge on any atom is 0.0979 e. The van der Waals surface area contributed by atoms with Gasteiger partial charge in [0.2, 0.25) is 0 Å². The third kappa shape index (κ3) is 2.27. The Bertz CT molecular complexity index is 408. The van der Waals surface area contributed by atoms with Crippen molar-refractivity contribution in [3.8, 4) is 0 Å². The van der Waals surface area contributed by atoms with Crippen LogP contribution in [0.3, 0.4) is 0 Å². The molecule has 0 aromatic carbocycles. The zero-order chi connectivity index (χ0) is 10.7. The zero-order valence-corrected chi connectivity index (χ0v) is 9.44. The van der Waals surface area contributed by atoms with E-state index in [0.29, 0.717) is 6.54 Å². The minimum Gasteiger partial charge on any atom is -0.387 e. The van der Waals surface area contributed by atoms with Crippen LogP contribution in [0.15, 0.2) is 30.2 Å². The monoisotopic (exact) mass is 222 g/mol. The minimum absolute atomic E-state index is 0.430. The Kier molecular flexibility index (Phi) is 3.18. The Morgan fingerprint density at radius 1 is 1.60 bits per heavy atom.